The molecule has 0 unspecified atom stereocenters. The summed E-state index contributed by atoms with van der Waals surface area (Å²) in [7, 11) is 0. The first-order chi connectivity index (χ1) is 16.6. The van der Waals surface area contributed by atoms with E-state index in [4.69, 9.17) is 4.74 Å². The van der Waals surface area contributed by atoms with Gasteiger partial charge < -0.3 is 10.1 Å². The van der Waals surface area contributed by atoms with Crippen LogP contribution in [0.2, 0.25) is 0 Å². The molecule has 4 nitrogen and oxygen atoms in total. The Morgan fingerprint density at radius 1 is 1.03 bits per heavy atom. The molecule has 168 valence electrons. The summed E-state index contributed by atoms with van der Waals surface area (Å²) in [6, 6.07) is 29.4. The number of carbonyl (C=O) groups excluding carboxylic acids is 1. The highest BCUT2D eigenvalue weighted by molar-refractivity contribution is 9.10. The van der Waals surface area contributed by atoms with Gasteiger partial charge in [0.15, 0.2) is 0 Å². The van der Waals surface area contributed by atoms with Crippen molar-refractivity contribution in [3.63, 3.8) is 0 Å². The van der Waals surface area contributed by atoms with Gasteiger partial charge in [-0.2, -0.15) is 5.26 Å². The Morgan fingerprint density at radius 3 is 2.53 bits per heavy atom. The number of nitriles is 1. The lowest BCUT2D eigenvalue weighted by atomic mass is 10.1. The van der Waals surface area contributed by atoms with E-state index in [9.17, 15) is 10.1 Å². The lowest BCUT2D eigenvalue weighted by Gasteiger charge is -2.11. The van der Waals surface area contributed by atoms with E-state index in [1.807, 2.05) is 66.7 Å². The Kier molecular flexibility index (Phi) is 7.41. The molecule has 4 aromatic rings. The largest absolute Gasteiger partial charge is 0.488 e. The Labute approximate surface area is 207 Å². The highest BCUT2D eigenvalue weighted by atomic mass is 79.9. The van der Waals surface area contributed by atoms with Crippen molar-refractivity contribution < 1.29 is 9.53 Å². The third-order valence-electron chi connectivity index (χ3n) is 5.52. The van der Waals surface area contributed by atoms with Crippen LogP contribution in [0.1, 0.15) is 23.6 Å². The zero-order chi connectivity index (χ0) is 23.9. The number of carbonyl (C=O) groups is 1. The molecule has 0 atom stereocenters. The molecule has 0 bridgehead atoms. The number of hydrogen-bond acceptors (Lipinski definition) is 3. The van der Waals surface area contributed by atoms with Gasteiger partial charge in [-0.25, -0.2) is 0 Å². The van der Waals surface area contributed by atoms with E-state index in [2.05, 4.69) is 52.4 Å². The molecule has 0 aromatic heterocycles. The maximum Gasteiger partial charge on any atom is 0.266 e. The summed E-state index contributed by atoms with van der Waals surface area (Å²) in [6.07, 6.45) is 2.49. The smallest absolute Gasteiger partial charge is 0.266 e. The van der Waals surface area contributed by atoms with Crippen molar-refractivity contribution in [2.45, 2.75) is 20.0 Å². The number of benzene rings is 4. The van der Waals surface area contributed by atoms with Gasteiger partial charge in [-0.3, -0.25) is 4.79 Å². The summed E-state index contributed by atoms with van der Waals surface area (Å²) in [4.78, 5) is 12.6. The van der Waals surface area contributed by atoms with Gasteiger partial charge in [-0.15, -0.1) is 0 Å². The zero-order valence-corrected chi connectivity index (χ0v) is 20.3. The van der Waals surface area contributed by atoms with Crippen LogP contribution in [0.5, 0.6) is 5.75 Å². The zero-order valence-electron chi connectivity index (χ0n) is 18.7. The highest BCUT2D eigenvalue weighted by Gasteiger charge is 2.11. The normalized spacial score (nSPS) is 11.1. The molecule has 0 saturated heterocycles. The van der Waals surface area contributed by atoms with Crippen molar-refractivity contribution in [2.75, 3.05) is 5.32 Å². The number of fused-ring (bicyclic) bond motifs is 1. The van der Waals surface area contributed by atoms with Crippen molar-refractivity contribution in [3.8, 4) is 11.8 Å². The molecule has 1 amide bonds. The van der Waals surface area contributed by atoms with Gasteiger partial charge in [0, 0.05) is 5.69 Å². The Morgan fingerprint density at radius 2 is 1.79 bits per heavy atom. The summed E-state index contributed by atoms with van der Waals surface area (Å²) in [5.41, 5.74) is 3.68. The second kappa shape index (κ2) is 10.8. The van der Waals surface area contributed by atoms with E-state index in [1.165, 1.54) is 10.9 Å². The van der Waals surface area contributed by atoms with Crippen LogP contribution >= 0.6 is 15.9 Å². The molecule has 4 aromatic carbocycles. The second-order valence-corrected chi connectivity index (χ2v) is 8.65. The first-order valence-electron chi connectivity index (χ1n) is 11.0. The predicted octanol–water partition coefficient (Wildman–Crippen LogP) is 7.29. The summed E-state index contributed by atoms with van der Waals surface area (Å²) < 4.78 is 6.80. The first-order valence-corrected chi connectivity index (χ1v) is 11.8. The van der Waals surface area contributed by atoms with Crippen LogP contribution in [0.25, 0.3) is 16.8 Å². The first kappa shape index (κ1) is 23.3. The number of amides is 1. The van der Waals surface area contributed by atoms with E-state index < -0.39 is 5.91 Å². The molecule has 0 aliphatic carbocycles. The Hall–Kier alpha value is -3.88. The number of rotatable bonds is 7. The fourth-order valence-electron chi connectivity index (χ4n) is 3.64. The molecule has 34 heavy (non-hydrogen) atoms. The summed E-state index contributed by atoms with van der Waals surface area (Å²) in [6.45, 7) is 2.50. The standard InChI is InChI=1S/C29H23BrN2O2/c1-2-20-10-13-25(14-11-20)32-29(33)24(18-31)16-21-12-15-28(27(30)17-21)34-19-23-8-5-7-22-6-3-4-9-26(22)23/h3-17H,2,19H2,1H3,(H,32,33)/b24-16-. The number of aryl methyl sites for hydroxylation is 1. The Balaban J connectivity index is 1.46. The molecular weight excluding hydrogens is 488 g/mol. The number of ether oxygens (including phenoxy) is 1. The van der Waals surface area contributed by atoms with Crippen LogP contribution in [0.4, 0.5) is 5.69 Å². The average molecular weight is 511 g/mol. The summed E-state index contributed by atoms with van der Waals surface area (Å²) in [5.74, 6) is 0.239. The van der Waals surface area contributed by atoms with Gasteiger partial charge in [-0.05, 0) is 80.2 Å². The fourth-order valence-corrected chi connectivity index (χ4v) is 4.15. The number of anilines is 1. The van der Waals surface area contributed by atoms with Crippen molar-refractivity contribution in [3.05, 3.63) is 112 Å². The molecule has 1 N–H and O–H groups in total. The highest BCUT2D eigenvalue weighted by Crippen LogP contribution is 2.29. The van der Waals surface area contributed by atoms with Gasteiger partial charge in [-0.1, -0.05) is 67.6 Å². The number of halogens is 1. The Bertz CT molecular complexity index is 1400. The van der Waals surface area contributed by atoms with Gasteiger partial charge in [0.05, 0.1) is 4.47 Å². The van der Waals surface area contributed by atoms with Crippen LogP contribution < -0.4 is 10.1 Å². The molecule has 0 fully saturated rings. The molecule has 0 radical (unpaired) electrons. The van der Waals surface area contributed by atoms with Crippen LogP contribution in [-0.2, 0) is 17.8 Å². The van der Waals surface area contributed by atoms with Crippen LogP contribution in [0.15, 0.2) is 95.0 Å². The van der Waals surface area contributed by atoms with E-state index >= 15 is 0 Å². The second-order valence-electron chi connectivity index (χ2n) is 7.79. The van der Waals surface area contributed by atoms with E-state index in [0.29, 0.717) is 18.0 Å². The fraction of sp³-hybridized carbons (Fsp3) is 0.103. The van der Waals surface area contributed by atoms with Crippen LogP contribution in [0, 0.1) is 11.3 Å². The molecule has 4 rings (SSSR count). The van der Waals surface area contributed by atoms with Crippen molar-refractivity contribution in [1.82, 2.24) is 0 Å². The van der Waals surface area contributed by atoms with E-state index in [1.54, 1.807) is 6.08 Å². The lowest BCUT2D eigenvalue weighted by Crippen LogP contribution is -2.13. The minimum atomic E-state index is -0.445. The van der Waals surface area contributed by atoms with E-state index in [0.717, 1.165) is 27.4 Å². The lowest BCUT2D eigenvalue weighted by molar-refractivity contribution is -0.112. The summed E-state index contributed by atoms with van der Waals surface area (Å²) >= 11 is 3.55. The number of nitrogens with one attached hydrogen (secondary N) is 1. The topological polar surface area (TPSA) is 62.1 Å². The van der Waals surface area contributed by atoms with Crippen LogP contribution in [-0.4, -0.2) is 5.91 Å². The van der Waals surface area contributed by atoms with Gasteiger partial charge >= 0.3 is 0 Å². The third-order valence-corrected chi connectivity index (χ3v) is 6.13. The quantitative estimate of drug-likeness (QED) is 0.209. The minimum absolute atomic E-state index is 0.0240. The molecule has 0 heterocycles. The molecule has 0 aliphatic rings. The van der Waals surface area contributed by atoms with Gasteiger partial charge in [0.2, 0.25) is 0 Å². The molecule has 0 aliphatic heterocycles. The van der Waals surface area contributed by atoms with Crippen molar-refractivity contribution in [2.24, 2.45) is 0 Å². The summed E-state index contributed by atoms with van der Waals surface area (Å²) in [5, 5.41) is 14.6. The van der Waals surface area contributed by atoms with Crippen molar-refractivity contribution in [1.29, 1.82) is 5.26 Å². The maximum atomic E-state index is 12.6. The molecular formula is C29H23BrN2O2. The van der Waals surface area contributed by atoms with Crippen molar-refractivity contribution >= 4 is 44.4 Å². The maximum absolute atomic E-state index is 12.6. The predicted molar refractivity (Wildman–Crippen MR) is 140 cm³/mol. The number of nitrogens with zero attached hydrogens (tertiary/aromatic N) is 1. The average Bonchev–Trinajstić information content (AvgIpc) is 2.87. The monoisotopic (exact) mass is 510 g/mol. The number of hydrogen-bond donors (Lipinski definition) is 1. The minimum Gasteiger partial charge on any atom is -0.488 e. The molecule has 0 spiro atoms. The van der Waals surface area contributed by atoms with Gasteiger partial charge in [0.1, 0.15) is 24.0 Å². The SMILES string of the molecule is CCc1ccc(NC(=O)/C(C#N)=C\c2ccc(OCc3cccc4ccccc34)c(Br)c2)cc1. The molecule has 5 heteroatoms. The molecule has 0 saturated carbocycles. The van der Waals surface area contributed by atoms with Gasteiger partial charge in [0.25, 0.3) is 5.91 Å². The van der Waals surface area contributed by atoms with E-state index in [-0.39, 0.29) is 5.57 Å². The van der Waals surface area contributed by atoms with Crippen LogP contribution in [0.3, 0.4) is 0 Å². The third kappa shape index (κ3) is 5.54.